The van der Waals surface area contributed by atoms with Crippen LogP contribution in [0.2, 0.25) is 10.0 Å². The Hall–Kier alpha value is -1.93. The Bertz CT molecular complexity index is 1060. The second-order valence-electron chi connectivity index (χ2n) is 6.38. The van der Waals surface area contributed by atoms with Crippen molar-refractivity contribution < 1.29 is 4.79 Å². The summed E-state index contributed by atoms with van der Waals surface area (Å²) in [6, 6.07) is 6.21. The number of nitrogens with zero attached hydrogens (tertiary/aromatic N) is 3. The van der Waals surface area contributed by atoms with E-state index >= 15 is 0 Å². The van der Waals surface area contributed by atoms with E-state index in [9.17, 15) is 9.59 Å². The van der Waals surface area contributed by atoms with E-state index in [-0.39, 0.29) is 17.5 Å². The molecule has 0 saturated carbocycles. The Morgan fingerprint density at radius 1 is 1.33 bits per heavy atom. The lowest BCUT2D eigenvalue weighted by atomic mass is 10.2. The third-order valence-corrected chi connectivity index (χ3v) is 5.88. The zero-order valence-corrected chi connectivity index (χ0v) is 16.5. The van der Waals surface area contributed by atoms with Gasteiger partial charge in [-0.1, -0.05) is 23.2 Å². The minimum atomic E-state index is -0.291. The molecule has 2 aromatic heterocycles. The van der Waals surface area contributed by atoms with Gasteiger partial charge in [-0.3, -0.25) is 18.9 Å². The molecule has 1 N–H and O–H groups in total. The molecule has 1 aliphatic heterocycles. The first-order valence-corrected chi connectivity index (χ1v) is 10.1. The Morgan fingerprint density at radius 3 is 3.00 bits per heavy atom. The minimum absolute atomic E-state index is 0.107. The van der Waals surface area contributed by atoms with Gasteiger partial charge >= 0.3 is 0 Å². The van der Waals surface area contributed by atoms with Gasteiger partial charge < -0.3 is 5.32 Å². The maximum atomic E-state index is 12.8. The molecule has 9 heteroatoms. The largest absolute Gasteiger partial charge is 0.323 e. The lowest BCUT2D eigenvalue weighted by Crippen LogP contribution is -2.39. The number of anilines is 1. The first kappa shape index (κ1) is 18.4. The Kier molecular flexibility index (Phi) is 5.19. The molecule has 6 nitrogen and oxygen atoms in total. The maximum Gasteiger partial charge on any atom is 0.258 e. The SMILES string of the molecule is O=C(Nc1ccc(Cl)cc1Cl)[C@@H]1CCCN1Cc1cc(=O)n2ccsc2n1. The Balaban J connectivity index is 1.51. The van der Waals surface area contributed by atoms with Gasteiger partial charge in [0.2, 0.25) is 5.91 Å². The number of nitrogens with one attached hydrogen (secondary N) is 1. The normalized spacial score (nSPS) is 17.5. The van der Waals surface area contributed by atoms with E-state index < -0.39 is 0 Å². The van der Waals surface area contributed by atoms with E-state index in [1.165, 1.54) is 21.8 Å². The summed E-state index contributed by atoms with van der Waals surface area (Å²) in [4.78, 5) is 32.2. The van der Waals surface area contributed by atoms with E-state index in [4.69, 9.17) is 23.2 Å². The number of fused-ring (bicyclic) bond motifs is 1. The summed E-state index contributed by atoms with van der Waals surface area (Å²) in [5, 5.41) is 5.62. The van der Waals surface area contributed by atoms with Crippen LogP contribution in [-0.2, 0) is 11.3 Å². The molecule has 140 valence electrons. The molecule has 4 rings (SSSR count). The molecule has 1 saturated heterocycles. The van der Waals surface area contributed by atoms with Crippen LogP contribution in [0.15, 0.2) is 40.6 Å². The van der Waals surface area contributed by atoms with Crippen LogP contribution in [0, 0.1) is 0 Å². The molecule has 0 aliphatic carbocycles. The maximum absolute atomic E-state index is 12.8. The number of halogens is 2. The third-order valence-electron chi connectivity index (χ3n) is 4.58. The molecule has 1 aliphatic rings. The molecule has 0 unspecified atom stereocenters. The summed E-state index contributed by atoms with van der Waals surface area (Å²) in [6.07, 6.45) is 3.37. The number of benzene rings is 1. The fourth-order valence-corrected chi connectivity index (χ4v) is 4.49. The monoisotopic (exact) mass is 422 g/mol. The third kappa shape index (κ3) is 3.87. The smallest absolute Gasteiger partial charge is 0.258 e. The summed E-state index contributed by atoms with van der Waals surface area (Å²) in [5.74, 6) is -0.120. The van der Waals surface area contributed by atoms with Gasteiger partial charge in [0, 0.05) is 29.2 Å². The highest BCUT2D eigenvalue weighted by atomic mass is 35.5. The zero-order chi connectivity index (χ0) is 19.0. The summed E-state index contributed by atoms with van der Waals surface area (Å²) >= 11 is 13.5. The summed E-state index contributed by atoms with van der Waals surface area (Å²) in [7, 11) is 0. The van der Waals surface area contributed by atoms with Crippen molar-refractivity contribution in [2.45, 2.75) is 25.4 Å². The van der Waals surface area contributed by atoms with E-state index in [1.54, 1.807) is 24.4 Å². The number of carbonyl (C=O) groups excluding carboxylic acids is 1. The van der Waals surface area contributed by atoms with Gasteiger partial charge in [-0.15, -0.1) is 11.3 Å². The summed E-state index contributed by atoms with van der Waals surface area (Å²) in [6.45, 7) is 1.23. The van der Waals surface area contributed by atoms with Crippen LogP contribution in [-0.4, -0.2) is 32.8 Å². The van der Waals surface area contributed by atoms with Crippen molar-refractivity contribution in [3.63, 3.8) is 0 Å². The van der Waals surface area contributed by atoms with Gasteiger partial charge in [-0.05, 0) is 37.6 Å². The Labute approximate surface area is 169 Å². The number of aromatic nitrogens is 2. The lowest BCUT2D eigenvalue weighted by molar-refractivity contribution is -0.120. The predicted octanol–water partition coefficient (Wildman–Crippen LogP) is 3.67. The molecular formula is C18H16Cl2N4O2S. The molecular weight excluding hydrogens is 407 g/mol. The number of carbonyl (C=O) groups is 1. The second-order valence-corrected chi connectivity index (χ2v) is 8.10. The van der Waals surface area contributed by atoms with Crippen LogP contribution in [0.3, 0.4) is 0 Å². The van der Waals surface area contributed by atoms with Gasteiger partial charge in [0.25, 0.3) is 5.56 Å². The summed E-state index contributed by atoms with van der Waals surface area (Å²) < 4.78 is 1.52. The van der Waals surface area contributed by atoms with Crippen molar-refractivity contribution >= 4 is 51.1 Å². The van der Waals surface area contributed by atoms with Gasteiger partial charge in [0.05, 0.1) is 22.4 Å². The molecule has 1 amide bonds. The molecule has 0 bridgehead atoms. The number of rotatable bonds is 4. The van der Waals surface area contributed by atoms with Crippen LogP contribution >= 0.6 is 34.5 Å². The van der Waals surface area contributed by atoms with Crippen molar-refractivity contribution in [2.24, 2.45) is 0 Å². The average Bonchev–Trinajstić information content (AvgIpc) is 3.27. The molecule has 1 fully saturated rings. The van der Waals surface area contributed by atoms with Crippen molar-refractivity contribution in [1.82, 2.24) is 14.3 Å². The van der Waals surface area contributed by atoms with Crippen LogP contribution in [0.25, 0.3) is 4.96 Å². The molecule has 1 atom stereocenters. The summed E-state index contributed by atoms with van der Waals surface area (Å²) in [5.41, 5.74) is 1.10. The number of likely N-dealkylation sites (tertiary alicyclic amines) is 1. The van der Waals surface area contributed by atoms with Gasteiger partial charge in [0.1, 0.15) is 0 Å². The fourth-order valence-electron chi connectivity index (χ4n) is 3.30. The zero-order valence-electron chi connectivity index (χ0n) is 14.2. The quantitative estimate of drug-likeness (QED) is 0.696. The van der Waals surface area contributed by atoms with E-state index in [0.717, 1.165) is 19.4 Å². The Morgan fingerprint density at radius 2 is 2.19 bits per heavy atom. The standard InChI is InChI=1S/C18H16Cl2N4O2S/c19-11-3-4-14(13(20)8-11)22-17(26)15-2-1-5-23(15)10-12-9-16(25)24-6-7-27-18(24)21-12/h3-4,6-9,15H,1-2,5,10H2,(H,22,26)/t15-/m0/s1. The molecule has 1 aromatic carbocycles. The number of thiazole rings is 1. The van der Waals surface area contributed by atoms with Crippen LogP contribution in [0.1, 0.15) is 18.5 Å². The number of hydrogen-bond donors (Lipinski definition) is 1. The van der Waals surface area contributed by atoms with E-state index in [0.29, 0.717) is 32.9 Å². The average molecular weight is 423 g/mol. The topological polar surface area (TPSA) is 66.7 Å². The van der Waals surface area contributed by atoms with Gasteiger partial charge in [-0.2, -0.15) is 0 Å². The minimum Gasteiger partial charge on any atom is -0.323 e. The van der Waals surface area contributed by atoms with Crippen LogP contribution in [0.5, 0.6) is 0 Å². The van der Waals surface area contributed by atoms with Crippen LogP contribution < -0.4 is 10.9 Å². The molecule has 3 aromatic rings. The van der Waals surface area contributed by atoms with Gasteiger partial charge in [-0.25, -0.2) is 4.98 Å². The van der Waals surface area contributed by atoms with Crippen molar-refractivity contribution in [2.75, 3.05) is 11.9 Å². The van der Waals surface area contributed by atoms with E-state index in [1.807, 2.05) is 10.3 Å². The second kappa shape index (κ2) is 7.59. The molecule has 0 radical (unpaired) electrons. The highest BCUT2D eigenvalue weighted by molar-refractivity contribution is 7.15. The first-order valence-electron chi connectivity index (χ1n) is 8.47. The van der Waals surface area contributed by atoms with Gasteiger partial charge in [0.15, 0.2) is 4.96 Å². The predicted molar refractivity (Wildman–Crippen MR) is 108 cm³/mol. The molecule has 0 spiro atoms. The molecule has 27 heavy (non-hydrogen) atoms. The molecule has 3 heterocycles. The van der Waals surface area contributed by atoms with Crippen LogP contribution in [0.4, 0.5) is 5.69 Å². The fraction of sp³-hybridized carbons (Fsp3) is 0.278. The lowest BCUT2D eigenvalue weighted by Gasteiger charge is -2.23. The van der Waals surface area contributed by atoms with Crippen molar-refractivity contribution in [3.05, 3.63) is 61.9 Å². The number of hydrogen-bond acceptors (Lipinski definition) is 5. The number of amides is 1. The highest BCUT2D eigenvalue weighted by Gasteiger charge is 2.31. The van der Waals surface area contributed by atoms with E-state index in [2.05, 4.69) is 10.3 Å². The highest BCUT2D eigenvalue weighted by Crippen LogP contribution is 2.27. The van der Waals surface area contributed by atoms with Crippen molar-refractivity contribution in [1.29, 1.82) is 0 Å². The van der Waals surface area contributed by atoms with Crippen molar-refractivity contribution in [3.8, 4) is 0 Å². The first-order chi connectivity index (χ1) is 13.0.